The van der Waals surface area contributed by atoms with Crippen LogP contribution in [-0.4, -0.2) is 10.5 Å². The largest absolute Gasteiger partial charge is 0.155 e. The topological polar surface area (TPSA) is 0 Å². The molecule has 1 radical (unpaired) electrons. The van der Waals surface area contributed by atoms with E-state index in [1.165, 1.54) is 25.7 Å². The van der Waals surface area contributed by atoms with Crippen LogP contribution in [0.15, 0.2) is 0 Å². The predicted octanol–water partition coefficient (Wildman–Crippen LogP) is 2.88. The summed E-state index contributed by atoms with van der Waals surface area (Å²) in [5.74, 6) is 0. The van der Waals surface area contributed by atoms with E-state index >= 15 is 0 Å². The lowest BCUT2D eigenvalue weighted by molar-refractivity contribution is 0.886. The first-order valence-electron chi connectivity index (χ1n) is 3.77. The third-order valence-electron chi connectivity index (χ3n) is 1.73. The van der Waals surface area contributed by atoms with Crippen LogP contribution < -0.4 is 0 Å². The van der Waals surface area contributed by atoms with Crippen molar-refractivity contribution in [1.29, 1.82) is 0 Å². The Morgan fingerprint density at radius 1 is 1.44 bits per heavy atom. The highest BCUT2D eigenvalue weighted by Gasteiger charge is 2.15. The molecule has 0 N–H and O–H groups in total. The Morgan fingerprint density at radius 3 is 2.44 bits per heavy atom. The molecule has 1 aliphatic rings. The van der Waals surface area contributed by atoms with Crippen molar-refractivity contribution in [2.24, 2.45) is 0 Å². The molecule has 0 heterocycles. The van der Waals surface area contributed by atoms with Gasteiger partial charge in [-0.25, -0.2) is 0 Å². The number of hydrogen-bond donors (Lipinski definition) is 0. The van der Waals surface area contributed by atoms with Gasteiger partial charge in [0.1, 0.15) is 0 Å². The molecule has 0 aromatic heterocycles. The Morgan fingerprint density at radius 2 is 2.00 bits per heavy atom. The monoisotopic (exact) mass is 143 g/mol. The van der Waals surface area contributed by atoms with Crippen LogP contribution in [0.2, 0.25) is 0 Å². The molecular weight excluding hydrogens is 128 g/mol. The molecule has 1 rings (SSSR count). The fraction of sp³-hybridized carbons (Fsp3) is 0.875. The van der Waals surface area contributed by atoms with Crippen molar-refractivity contribution in [3.8, 4) is 0 Å². The normalized spacial score (nSPS) is 21.7. The van der Waals surface area contributed by atoms with Crippen molar-refractivity contribution in [1.82, 2.24) is 0 Å². The molecule has 0 nitrogen and oxygen atoms in total. The third-order valence-corrected chi connectivity index (χ3v) is 3.05. The van der Waals surface area contributed by atoms with Crippen molar-refractivity contribution in [2.45, 2.75) is 43.1 Å². The number of hydrogen-bond acceptors (Lipinski definition) is 1. The van der Waals surface area contributed by atoms with Crippen molar-refractivity contribution < 1.29 is 0 Å². The highest BCUT2D eigenvalue weighted by atomic mass is 32.2. The van der Waals surface area contributed by atoms with Gasteiger partial charge in [0.15, 0.2) is 0 Å². The smallest absolute Gasteiger partial charge is 0.00497 e. The van der Waals surface area contributed by atoms with Gasteiger partial charge in [0.05, 0.1) is 0 Å². The molecule has 0 aliphatic heterocycles. The summed E-state index contributed by atoms with van der Waals surface area (Å²) in [6.07, 6.45) is 5.77. The summed E-state index contributed by atoms with van der Waals surface area (Å²) < 4.78 is 0. The molecule has 1 fully saturated rings. The van der Waals surface area contributed by atoms with E-state index in [9.17, 15) is 0 Å². The summed E-state index contributed by atoms with van der Waals surface area (Å²) >= 11 is 2.05. The van der Waals surface area contributed by atoms with Crippen molar-refractivity contribution >= 4 is 11.8 Å². The van der Waals surface area contributed by atoms with Crippen LogP contribution in [-0.2, 0) is 0 Å². The molecule has 0 bridgehead atoms. The van der Waals surface area contributed by atoms with Gasteiger partial charge in [0.25, 0.3) is 0 Å². The van der Waals surface area contributed by atoms with E-state index in [1.54, 1.807) is 0 Å². The van der Waals surface area contributed by atoms with E-state index in [-0.39, 0.29) is 0 Å². The summed E-state index contributed by atoms with van der Waals surface area (Å²) in [6, 6.07) is 0. The van der Waals surface area contributed by atoms with E-state index in [2.05, 4.69) is 25.6 Å². The summed E-state index contributed by atoms with van der Waals surface area (Å²) in [6.45, 7) is 6.15. The molecule has 0 amide bonds. The van der Waals surface area contributed by atoms with Crippen LogP contribution in [0.5, 0.6) is 0 Å². The lowest BCUT2D eigenvalue weighted by Crippen LogP contribution is -1.99. The summed E-state index contributed by atoms with van der Waals surface area (Å²) in [5, 5.41) is 1.53. The zero-order valence-corrected chi connectivity index (χ0v) is 6.91. The molecule has 53 valence electrons. The predicted molar refractivity (Wildman–Crippen MR) is 44.7 cm³/mol. The minimum Gasteiger partial charge on any atom is -0.155 e. The number of thioether (sulfide) groups is 1. The van der Waals surface area contributed by atoms with Gasteiger partial charge in [0, 0.05) is 10.5 Å². The molecule has 0 saturated heterocycles. The Hall–Kier alpha value is 0.350. The summed E-state index contributed by atoms with van der Waals surface area (Å²) in [5.41, 5.74) is 0. The number of rotatable bonds is 2. The second-order valence-electron chi connectivity index (χ2n) is 2.85. The zero-order chi connectivity index (χ0) is 6.69. The van der Waals surface area contributed by atoms with E-state index in [0.717, 1.165) is 5.25 Å². The van der Waals surface area contributed by atoms with Crippen LogP contribution in [0.25, 0.3) is 0 Å². The lowest BCUT2D eigenvalue weighted by Gasteiger charge is -2.10. The van der Waals surface area contributed by atoms with Crippen LogP contribution in [0.1, 0.15) is 32.6 Å². The Labute approximate surface area is 62.4 Å². The maximum Gasteiger partial charge on any atom is 0.00497 e. The second kappa shape index (κ2) is 3.50. The van der Waals surface area contributed by atoms with E-state index < -0.39 is 0 Å². The van der Waals surface area contributed by atoms with E-state index in [0.29, 0.717) is 5.25 Å². The van der Waals surface area contributed by atoms with E-state index in [1.807, 2.05) is 0 Å². The fourth-order valence-corrected chi connectivity index (χ4v) is 2.62. The Balaban J connectivity index is 2.11. The molecule has 1 unspecified atom stereocenters. The first-order chi connectivity index (χ1) is 4.29. The molecule has 1 heteroatoms. The maximum absolute atomic E-state index is 3.96. The fourth-order valence-electron chi connectivity index (χ4n) is 1.35. The average Bonchev–Trinajstić information content (AvgIpc) is 2.15. The molecular formula is C8H15S. The van der Waals surface area contributed by atoms with Gasteiger partial charge in [-0.2, -0.15) is 11.8 Å². The summed E-state index contributed by atoms with van der Waals surface area (Å²) in [4.78, 5) is 0. The quantitative estimate of drug-likeness (QED) is 0.573. The Kier molecular flexibility index (Phi) is 2.90. The van der Waals surface area contributed by atoms with Gasteiger partial charge in [-0.3, -0.25) is 0 Å². The first kappa shape index (κ1) is 7.46. The molecule has 1 saturated carbocycles. The van der Waals surface area contributed by atoms with Crippen molar-refractivity contribution in [2.75, 3.05) is 0 Å². The summed E-state index contributed by atoms with van der Waals surface area (Å²) in [7, 11) is 0. The molecule has 0 spiro atoms. The molecule has 0 aromatic rings. The van der Waals surface area contributed by atoms with Gasteiger partial charge in [-0.1, -0.05) is 19.8 Å². The van der Waals surface area contributed by atoms with E-state index in [4.69, 9.17) is 0 Å². The minimum atomic E-state index is 0.591. The van der Waals surface area contributed by atoms with Crippen LogP contribution in [0, 0.1) is 6.92 Å². The highest BCUT2D eigenvalue weighted by molar-refractivity contribution is 8.00. The van der Waals surface area contributed by atoms with Gasteiger partial charge < -0.3 is 0 Å². The molecule has 0 aromatic carbocycles. The van der Waals surface area contributed by atoms with Crippen LogP contribution in [0.3, 0.4) is 0 Å². The van der Waals surface area contributed by atoms with Crippen molar-refractivity contribution in [3.05, 3.63) is 6.92 Å². The van der Waals surface area contributed by atoms with Gasteiger partial charge >= 0.3 is 0 Å². The molecule has 1 atom stereocenters. The first-order valence-corrected chi connectivity index (χ1v) is 4.72. The Bertz CT molecular complexity index is 72.6. The van der Waals surface area contributed by atoms with Crippen LogP contribution >= 0.6 is 11.8 Å². The van der Waals surface area contributed by atoms with Gasteiger partial charge in [-0.05, 0) is 19.8 Å². The lowest BCUT2D eigenvalue weighted by atomic mass is 10.4. The van der Waals surface area contributed by atoms with Crippen molar-refractivity contribution in [3.63, 3.8) is 0 Å². The van der Waals surface area contributed by atoms with Gasteiger partial charge in [-0.15, -0.1) is 0 Å². The highest BCUT2D eigenvalue weighted by Crippen LogP contribution is 2.31. The third kappa shape index (κ3) is 2.61. The maximum atomic E-state index is 3.96. The van der Waals surface area contributed by atoms with Gasteiger partial charge in [0.2, 0.25) is 0 Å². The standard InChI is InChI=1S/C8H15S/c1-7(2)9-8-5-3-4-6-8/h7-8H,1,3-6H2,2H3. The second-order valence-corrected chi connectivity index (χ2v) is 4.60. The SMILES string of the molecule is [CH2]C(C)SC1CCCC1. The minimum absolute atomic E-state index is 0.591. The van der Waals surface area contributed by atoms with Crippen LogP contribution in [0.4, 0.5) is 0 Å². The zero-order valence-electron chi connectivity index (χ0n) is 6.10. The average molecular weight is 143 g/mol. The molecule has 9 heavy (non-hydrogen) atoms. The molecule has 1 aliphatic carbocycles.